The Balaban J connectivity index is 1.59. The van der Waals surface area contributed by atoms with Crippen LogP contribution >= 0.6 is 0 Å². The van der Waals surface area contributed by atoms with Gasteiger partial charge in [0.25, 0.3) is 5.91 Å². The quantitative estimate of drug-likeness (QED) is 0.554. The first-order valence-electron chi connectivity index (χ1n) is 9.67. The number of hydrogen-bond donors (Lipinski definition) is 0. The fraction of sp³-hybridized carbons (Fsp3) is 0.409. The molecule has 1 saturated heterocycles. The van der Waals surface area contributed by atoms with E-state index in [2.05, 4.69) is 6.92 Å². The summed E-state index contributed by atoms with van der Waals surface area (Å²) in [6.45, 7) is 4.01. The Labute approximate surface area is 164 Å². The van der Waals surface area contributed by atoms with Crippen molar-refractivity contribution in [2.24, 2.45) is 0 Å². The molecule has 0 radical (unpaired) electrons. The Morgan fingerprint density at radius 2 is 1.86 bits per heavy atom. The number of carbonyl (C=O) groups excluding carboxylic acids is 3. The molecular formula is C22H25NO5. The zero-order valence-corrected chi connectivity index (χ0v) is 16.3. The first kappa shape index (κ1) is 19.9. The van der Waals surface area contributed by atoms with Gasteiger partial charge in [0.2, 0.25) is 5.76 Å². The fourth-order valence-electron chi connectivity index (χ4n) is 3.51. The summed E-state index contributed by atoms with van der Waals surface area (Å²) in [6.07, 6.45) is 4.02. The number of hydrogen-bond acceptors (Lipinski definition) is 5. The predicted molar refractivity (Wildman–Crippen MR) is 104 cm³/mol. The Bertz CT molecular complexity index is 852. The Hall–Kier alpha value is -2.89. The number of nitrogens with zero attached hydrogens (tertiary/aromatic N) is 1. The Kier molecular flexibility index (Phi) is 6.29. The maximum atomic E-state index is 12.4. The summed E-state index contributed by atoms with van der Waals surface area (Å²) in [5.74, 6) is -0.296. The van der Waals surface area contributed by atoms with Crippen LogP contribution in [0.5, 0.6) is 0 Å². The topological polar surface area (TPSA) is 76.8 Å². The van der Waals surface area contributed by atoms with Crippen molar-refractivity contribution in [3.8, 4) is 11.3 Å². The summed E-state index contributed by atoms with van der Waals surface area (Å²) in [4.78, 5) is 37.8. The molecule has 0 aliphatic carbocycles. The van der Waals surface area contributed by atoms with Crippen molar-refractivity contribution in [2.45, 2.75) is 45.6 Å². The Morgan fingerprint density at radius 3 is 2.54 bits per heavy atom. The van der Waals surface area contributed by atoms with Crippen LogP contribution in [0.3, 0.4) is 0 Å². The number of furan rings is 1. The monoisotopic (exact) mass is 383 g/mol. The zero-order chi connectivity index (χ0) is 20.1. The molecule has 28 heavy (non-hydrogen) atoms. The smallest absolute Gasteiger partial charge is 0.374 e. The van der Waals surface area contributed by atoms with E-state index in [1.165, 1.54) is 13.0 Å². The highest BCUT2D eigenvalue weighted by Crippen LogP contribution is 2.23. The molecule has 6 heteroatoms. The third-order valence-corrected chi connectivity index (χ3v) is 5.13. The van der Waals surface area contributed by atoms with E-state index >= 15 is 0 Å². The van der Waals surface area contributed by atoms with Gasteiger partial charge in [-0.3, -0.25) is 9.59 Å². The van der Waals surface area contributed by atoms with Crippen molar-refractivity contribution >= 4 is 17.7 Å². The molecule has 1 amide bonds. The van der Waals surface area contributed by atoms with Gasteiger partial charge in [-0.05, 0) is 44.7 Å². The van der Waals surface area contributed by atoms with Crippen molar-refractivity contribution in [3.05, 3.63) is 47.7 Å². The molecule has 1 aromatic carbocycles. The van der Waals surface area contributed by atoms with Gasteiger partial charge >= 0.3 is 5.97 Å². The first-order valence-corrected chi connectivity index (χ1v) is 9.67. The van der Waals surface area contributed by atoms with Crippen LogP contribution < -0.4 is 0 Å². The highest BCUT2D eigenvalue weighted by Gasteiger charge is 2.26. The number of esters is 1. The highest BCUT2D eigenvalue weighted by molar-refractivity contribution is 5.94. The summed E-state index contributed by atoms with van der Waals surface area (Å²) in [5, 5.41) is 0. The zero-order valence-electron chi connectivity index (χ0n) is 16.3. The molecule has 2 heterocycles. The largest absolute Gasteiger partial charge is 0.450 e. The van der Waals surface area contributed by atoms with E-state index in [1.54, 1.807) is 30.3 Å². The van der Waals surface area contributed by atoms with Crippen LogP contribution in [0.25, 0.3) is 11.3 Å². The minimum atomic E-state index is -0.662. The van der Waals surface area contributed by atoms with Crippen LogP contribution in [-0.2, 0) is 9.53 Å². The molecule has 0 bridgehead atoms. The molecule has 0 spiro atoms. The van der Waals surface area contributed by atoms with Crippen molar-refractivity contribution in [1.29, 1.82) is 0 Å². The number of carbonyl (C=O) groups is 3. The molecule has 2 aromatic rings. The molecule has 1 fully saturated rings. The van der Waals surface area contributed by atoms with Crippen LogP contribution in [0, 0.1) is 0 Å². The lowest BCUT2D eigenvalue weighted by Crippen LogP contribution is -2.45. The standard InChI is InChI=1S/C22H25NO5/c1-3-18-6-4-5-13-23(18)21(25)14-27-22(26)20-12-11-19(28-20)17-9-7-16(8-10-17)15(2)24/h7-12,18H,3-6,13-14H2,1-2H3/t18-/m1/s1. The average molecular weight is 383 g/mol. The molecule has 0 unspecified atom stereocenters. The number of benzene rings is 1. The molecule has 0 saturated carbocycles. The number of ether oxygens (including phenoxy) is 1. The number of piperidine rings is 1. The van der Waals surface area contributed by atoms with Crippen LogP contribution in [0.4, 0.5) is 0 Å². The van der Waals surface area contributed by atoms with Gasteiger partial charge in [-0.15, -0.1) is 0 Å². The van der Waals surface area contributed by atoms with Gasteiger partial charge in [0.1, 0.15) is 5.76 Å². The van der Waals surface area contributed by atoms with Gasteiger partial charge < -0.3 is 14.1 Å². The molecule has 1 aromatic heterocycles. The Morgan fingerprint density at radius 1 is 1.11 bits per heavy atom. The van der Waals surface area contributed by atoms with E-state index in [-0.39, 0.29) is 30.1 Å². The lowest BCUT2D eigenvalue weighted by atomic mass is 10.00. The third-order valence-electron chi connectivity index (χ3n) is 5.13. The number of ketones is 1. The van der Waals surface area contributed by atoms with Crippen molar-refractivity contribution in [3.63, 3.8) is 0 Å². The maximum absolute atomic E-state index is 12.4. The average Bonchev–Trinajstić information content (AvgIpc) is 3.22. The predicted octanol–water partition coefficient (Wildman–Crippen LogP) is 4.10. The number of amides is 1. The normalized spacial score (nSPS) is 16.6. The minimum Gasteiger partial charge on any atom is -0.450 e. The van der Waals surface area contributed by atoms with Gasteiger partial charge in [0.05, 0.1) is 0 Å². The third kappa shape index (κ3) is 4.50. The summed E-state index contributed by atoms with van der Waals surface area (Å²) < 4.78 is 10.7. The van der Waals surface area contributed by atoms with Crippen LogP contribution in [0.2, 0.25) is 0 Å². The minimum absolute atomic E-state index is 0.0149. The van der Waals surface area contributed by atoms with E-state index < -0.39 is 5.97 Å². The lowest BCUT2D eigenvalue weighted by Gasteiger charge is -2.35. The molecule has 1 aliphatic rings. The number of rotatable bonds is 6. The molecule has 3 rings (SSSR count). The van der Waals surface area contributed by atoms with Crippen LogP contribution in [0.15, 0.2) is 40.8 Å². The summed E-state index contributed by atoms with van der Waals surface area (Å²) in [6, 6.07) is 10.4. The van der Waals surface area contributed by atoms with Crippen molar-refractivity contribution in [2.75, 3.05) is 13.2 Å². The first-order chi connectivity index (χ1) is 13.5. The van der Waals surface area contributed by atoms with E-state index in [9.17, 15) is 14.4 Å². The van der Waals surface area contributed by atoms with Gasteiger partial charge in [-0.2, -0.15) is 0 Å². The molecular weight excluding hydrogens is 358 g/mol. The van der Waals surface area contributed by atoms with Gasteiger partial charge in [-0.1, -0.05) is 31.2 Å². The summed E-state index contributed by atoms with van der Waals surface area (Å²) in [7, 11) is 0. The maximum Gasteiger partial charge on any atom is 0.374 e. The molecule has 1 aliphatic heterocycles. The molecule has 148 valence electrons. The molecule has 6 nitrogen and oxygen atoms in total. The molecule has 1 atom stereocenters. The van der Waals surface area contributed by atoms with Gasteiger partial charge in [0.15, 0.2) is 12.4 Å². The van der Waals surface area contributed by atoms with E-state index in [4.69, 9.17) is 9.15 Å². The van der Waals surface area contributed by atoms with E-state index in [1.807, 2.05) is 4.90 Å². The van der Waals surface area contributed by atoms with Crippen molar-refractivity contribution in [1.82, 2.24) is 4.90 Å². The van der Waals surface area contributed by atoms with E-state index in [0.29, 0.717) is 11.3 Å². The summed E-state index contributed by atoms with van der Waals surface area (Å²) in [5.41, 5.74) is 1.36. The van der Waals surface area contributed by atoms with E-state index in [0.717, 1.165) is 37.8 Å². The second-order valence-corrected chi connectivity index (χ2v) is 7.02. The SMILES string of the molecule is CC[C@@H]1CCCCN1C(=O)COC(=O)c1ccc(-c2ccc(C(C)=O)cc2)o1. The fourth-order valence-corrected chi connectivity index (χ4v) is 3.51. The molecule has 0 N–H and O–H groups in total. The summed E-state index contributed by atoms with van der Waals surface area (Å²) >= 11 is 0. The second-order valence-electron chi connectivity index (χ2n) is 7.02. The number of likely N-dealkylation sites (tertiary alicyclic amines) is 1. The van der Waals surface area contributed by atoms with Crippen LogP contribution in [-0.4, -0.2) is 41.8 Å². The van der Waals surface area contributed by atoms with Crippen LogP contribution in [0.1, 0.15) is 60.4 Å². The van der Waals surface area contributed by atoms with Gasteiger partial charge in [-0.25, -0.2) is 4.79 Å². The van der Waals surface area contributed by atoms with Crippen molar-refractivity contribution < 1.29 is 23.5 Å². The number of Topliss-reactive ketones (excluding diaryl/α,β-unsaturated/α-hetero) is 1. The highest BCUT2D eigenvalue weighted by atomic mass is 16.5. The lowest BCUT2D eigenvalue weighted by molar-refractivity contribution is -0.138. The van der Waals surface area contributed by atoms with Gasteiger partial charge in [0, 0.05) is 23.7 Å². The second kappa shape index (κ2) is 8.87.